The van der Waals surface area contributed by atoms with Gasteiger partial charge in [-0.2, -0.15) is 0 Å². The second-order valence-electron chi connectivity index (χ2n) is 9.49. The van der Waals surface area contributed by atoms with Gasteiger partial charge < -0.3 is 10.1 Å². The number of amides is 1. The van der Waals surface area contributed by atoms with E-state index in [0.29, 0.717) is 50.8 Å². The number of nitrogens with zero attached hydrogens (tertiary/aromatic N) is 4. The van der Waals surface area contributed by atoms with E-state index < -0.39 is 5.60 Å². The van der Waals surface area contributed by atoms with Crippen molar-refractivity contribution in [2.45, 2.75) is 37.6 Å². The van der Waals surface area contributed by atoms with Crippen LogP contribution in [0.2, 0.25) is 10.0 Å². The van der Waals surface area contributed by atoms with Crippen LogP contribution in [0.15, 0.2) is 58.5 Å². The van der Waals surface area contributed by atoms with Crippen LogP contribution in [0.3, 0.4) is 0 Å². The van der Waals surface area contributed by atoms with E-state index in [4.69, 9.17) is 27.9 Å². The summed E-state index contributed by atoms with van der Waals surface area (Å²) in [5, 5.41) is 13.8. The molecular formula is C26H21Cl2N5O3S2. The lowest BCUT2D eigenvalue weighted by Gasteiger charge is -2.29. The molecule has 5 aromatic rings. The molecule has 1 aliphatic heterocycles. The van der Waals surface area contributed by atoms with Crippen LogP contribution < -0.4 is 10.9 Å². The highest BCUT2D eigenvalue weighted by atomic mass is 35.5. The minimum Gasteiger partial charge on any atom is -0.370 e. The lowest BCUT2D eigenvalue weighted by molar-refractivity contribution is -0.113. The monoisotopic (exact) mass is 585 g/mol. The van der Waals surface area contributed by atoms with Crippen LogP contribution in [0, 0.1) is 0 Å². The Morgan fingerprint density at radius 1 is 1.16 bits per heavy atom. The highest BCUT2D eigenvalue weighted by Gasteiger charge is 2.32. The smallest absolute Gasteiger partial charge is 0.268 e. The zero-order chi connectivity index (χ0) is 26.6. The van der Waals surface area contributed by atoms with E-state index in [1.165, 1.54) is 27.7 Å². The number of hydrogen-bond donors (Lipinski definition) is 1. The van der Waals surface area contributed by atoms with Gasteiger partial charge in [-0.15, -0.1) is 21.5 Å². The molecule has 0 unspecified atom stereocenters. The van der Waals surface area contributed by atoms with Crippen molar-refractivity contribution >= 4 is 73.9 Å². The minimum atomic E-state index is -0.396. The fourth-order valence-corrected chi connectivity index (χ4v) is 6.93. The fourth-order valence-electron chi connectivity index (χ4n) is 4.54. The minimum absolute atomic E-state index is 0.0896. The van der Waals surface area contributed by atoms with E-state index in [-0.39, 0.29) is 17.2 Å². The van der Waals surface area contributed by atoms with Gasteiger partial charge in [0.15, 0.2) is 5.16 Å². The van der Waals surface area contributed by atoms with Gasteiger partial charge in [0.25, 0.3) is 5.56 Å². The van der Waals surface area contributed by atoms with Gasteiger partial charge in [-0.3, -0.25) is 9.59 Å². The molecule has 1 amide bonds. The summed E-state index contributed by atoms with van der Waals surface area (Å²) in [4.78, 5) is 28.5. The van der Waals surface area contributed by atoms with Crippen molar-refractivity contribution < 1.29 is 9.53 Å². The first kappa shape index (κ1) is 25.4. The maximum absolute atomic E-state index is 14.0. The van der Waals surface area contributed by atoms with Crippen LogP contribution in [0.5, 0.6) is 0 Å². The summed E-state index contributed by atoms with van der Waals surface area (Å²) in [6, 6.07) is 14.0. The van der Waals surface area contributed by atoms with Crippen LogP contribution >= 0.6 is 46.3 Å². The molecule has 6 rings (SSSR count). The molecule has 0 radical (unpaired) electrons. The summed E-state index contributed by atoms with van der Waals surface area (Å²) in [6.45, 7) is 4.46. The van der Waals surface area contributed by atoms with E-state index in [0.717, 1.165) is 15.3 Å². The molecular weight excluding hydrogens is 565 g/mol. The number of hydrogen-bond acceptors (Lipinski definition) is 7. The highest BCUT2D eigenvalue weighted by molar-refractivity contribution is 7.99. The molecule has 3 aromatic heterocycles. The highest BCUT2D eigenvalue weighted by Crippen LogP contribution is 2.39. The van der Waals surface area contributed by atoms with Gasteiger partial charge in [0, 0.05) is 27.0 Å². The topological polar surface area (TPSA) is 90.5 Å². The SMILES string of the molecule is CC1(C)Cc2c(sc3c2c(=O)n(-c2cccc(Cl)c2)c2nnc(SCC(=O)Nc4cccc(Cl)c4)n32)CO1. The first-order chi connectivity index (χ1) is 18.2. The van der Waals surface area contributed by atoms with Gasteiger partial charge in [0.2, 0.25) is 11.7 Å². The van der Waals surface area contributed by atoms with Crippen molar-refractivity contribution in [2.24, 2.45) is 0 Å². The Balaban J connectivity index is 1.48. The maximum atomic E-state index is 14.0. The first-order valence-electron chi connectivity index (χ1n) is 11.7. The Morgan fingerprint density at radius 3 is 2.68 bits per heavy atom. The molecule has 0 atom stereocenters. The average molecular weight is 587 g/mol. The Kier molecular flexibility index (Phi) is 6.48. The maximum Gasteiger partial charge on any atom is 0.268 e. The number of thiophene rings is 1. The molecule has 12 heteroatoms. The zero-order valence-corrected chi connectivity index (χ0v) is 23.5. The molecule has 194 valence electrons. The third kappa shape index (κ3) is 4.60. The molecule has 0 saturated carbocycles. The second kappa shape index (κ2) is 9.69. The predicted octanol–water partition coefficient (Wildman–Crippen LogP) is 5.98. The third-order valence-electron chi connectivity index (χ3n) is 6.21. The number of aromatic nitrogens is 4. The Hall–Kier alpha value is -2.89. The molecule has 0 spiro atoms. The van der Waals surface area contributed by atoms with Gasteiger partial charge in [-0.1, -0.05) is 47.1 Å². The quantitative estimate of drug-likeness (QED) is 0.255. The number of anilines is 1. The molecule has 2 aromatic carbocycles. The number of nitrogens with one attached hydrogen (secondary N) is 1. The van der Waals surface area contributed by atoms with E-state index in [1.807, 2.05) is 24.3 Å². The summed E-state index contributed by atoms with van der Waals surface area (Å²) in [5.41, 5.74) is 1.59. The lowest BCUT2D eigenvalue weighted by Crippen LogP contribution is -2.32. The number of thioether (sulfide) groups is 1. The molecule has 0 saturated heterocycles. The van der Waals surface area contributed by atoms with Gasteiger partial charge in [0.1, 0.15) is 4.83 Å². The number of carbonyl (C=O) groups is 1. The van der Waals surface area contributed by atoms with Crippen molar-refractivity contribution in [3.63, 3.8) is 0 Å². The van der Waals surface area contributed by atoms with E-state index in [1.54, 1.807) is 42.5 Å². The van der Waals surface area contributed by atoms with Gasteiger partial charge in [-0.25, -0.2) is 8.97 Å². The summed E-state index contributed by atoms with van der Waals surface area (Å²) in [6.07, 6.45) is 0.602. The number of rotatable bonds is 5. The second-order valence-corrected chi connectivity index (χ2v) is 12.4. The summed E-state index contributed by atoms with van der Waals surface area (Å²) in [5.74, 6) is 0.224. The van der Waals surface area contributed by atoms with Crippen molar-refractivity contribution in [1.82, 2.24) is 19.2 Å². The summed E-state index contributed by atoms with van der Waals surface area (Å²) >= 11 is 15.1. The van der Waals surface area contributed by atoms with Gasteiger partial charge in [-0.05, 0) is 55.8 Å². The number of fused-ring (bicyclic) bond motifs is 5. The normalized spacial score (nSPS) is 14.6. The Bertz CT molecular complexity index is 1790. The average Bonchev–Trinajstić information content (AvgIpc) is 3.43. The number of ether oxygens (including phenoxy) is 1. The fraction of sp³-hybridized carbons (Fsp3) is 0.231. The van der Waals surface area contributed by atoms with Crippen LogP contribution in [-0.4, -0.2) is 36.4 Å². The number of carbonyl (C=O) groups excluding carboxylic acids is 1. The lowest BCUT2D eigenvalue weighted by atomic mass is 9.94. The zero-order valence-electron chi connectivity index (χ0n) is 20.3. The molecule has 0 bridgehead atoms. The predicted molar refractivity (Wildman–Crippen MR) is 152 cm³/mol. The van der Waals surface area contributed by atoms with Crippen LogP contribution in [0.1, 0.15) is 24.3 Å². The largest absolute Gasteiger partial charge is 0.370 e. The van der Waals surface area contributed by atoms with Crippen molar-refractivity contribution in [2.75, 3.05) is 11.1 Å². The molecule has 4 heterocycles. The van der Waals surface area contributed by atoms with E-state index in [9.17, 15) is 9.59 Å². The number of halogens is 2. The summed E-state index contributed by atoms with van der Waals surface area (Å²) < 4.78 is 9.42. The third-order valence-corrected chi connectivity index (χ3v) is 8.80. The van der Waals surface area contributed by atoms with Gasteiger partial charge >= 0.3 is 0 Å². The Morgan fingerprint density at radius 2 is 1.92 bits per heavy atom. The van der Waals surface area contributed by atoms with Crippen LogP contribution in [0.25, 0.3) is 21.7 Å². The standard InChI is InChI=1S/C26H21Cl2N5O3S2/c1-26(2)11-18-19(12-36-26)38-23-21(18)22(35)32(17-8-4-6-15(28)10-17)24-30-31-25(33(23)24)37-13-20(34)29-16-7-3-5-14(27)9-16/h3-10H,11-13H2,1-2H3,(H,29,34). The van der Waals surface area contributed by atoms with Crippen molar-refractivity contribution in [3.8, 4) is 5.69 Å². The molecule has 8 nitrogen and oxygen atoms in total. The molecule has 1 aliphatic rings. The molecule has 1 N–H and O–H groups in total. The van der Waals surface area contributed by atoms with Gasteiger partial charge in [0.05, 0.1) is 29.0 Å². The Labute approximate surface area is 235 Å². The molecule has 38 heavy (non-hydrogen) atoms. The summed E-state index contributed by atoms with van der Waals surface area (Å²) in [7, 11) is 0. The van der Waals surface area contributed by atoms with Crippen molar-refractivity contribution in [1.29, 1.82) is 0 Å². The number of benzene rings is 2. The van der Waals surface area contributed by atoms with Crippen molar-refractivity contribution in [3.05, 3.63) is 79.4 Å². The molecule has 0 fully saturated rings. The van der Waals surface area contributed by atoms with Crippen LogP contribution in [0.4, 0.5) is 5.69 Å². The molecule has 0 aliphatic carbocycles. The van der Waals surface area contributed by atoms with E-state index >= 15 is 0 Å². The van der Waals surface area contributed by atoms with Crippen LogP contribution in [-0.2, 0) is 22.6 Å². The van der Waals surface area contributed by atoms with E-state index in [2.05, 4.69) is 15.5 Å². The first-order valence-corrected chi connectivity index (χ1v) is 14.3.